The summed E-state index contributed by atoms with van der Waals surface area (Å²) in [7, 11) is 0. The number of benzene rings is 3. The Labute approximate surface area is 164 Å². The molecule has 0 bridgehead atoms. The van der Waals surface area contributed by atoms with Crippen LogP contribution < -0.4 is 5.32 Å². The number of nitrogens with zero attached hydrogens (tertiary/aromatic N) is 1. The van der Waals surface area contributed by atoms with E-state index in [1.165, 1.54) is 29.2 Å². The Morgan fingerprint density at radius 1 is 1.00 bits per heavy atom. The lowest BCUT2D eigenvalue weighted by Crippen LogP contribution is -2.29. The molecular weight excluding hydrogens is 356 g/mol. The third-order valence-corrected chi connectivity index (χ3v) is 5.42. The maximum atomic E-state index is 12.4. The van der Waals surface area contributed by atoms with Gasteiger partial charge in [-0.1, -0.05) is 66.2 Å². The van der Waals surface area contributed by atoms with Gasteiger partial charge in [0.25, 0.3) is 0 Å². The first-order valence-corrected chi connectivity index (χ1v) is 9.83. The summed E-state index contributed by atoms with van der Waals surface area (Å²) in [5.74, 6) is 0.00618. The van der Waals surface area contributed by atoms with Gasteiger partial charge in [-0.05, 0) is 41.3 Å². The van der Waals surface area contributed by atoms with Crippen LogP contribution in [-0.4, -0.2) is 23.4 Å². The fourth-order valence-electron chi connectivity index (χ4n) is 3.50. The molecule has 0 aromatic heterocycles. The van der Waals surface area contributed by atoms with Crippen molar-refractivity contribution in [1.82, 2.24) is 4.90 Å². The summed E-state index contributed by atoms with van der Waals surface area (Å²) in [6.45, 7) is 1.63. The number of carbonyl (C=O) groups is 1. The van der Waals surface area contributed by atoms with E-state index in [2.05, 4.69) is 52.7 Å². The van der Waals surface area contributed by atoms with Crippen LogP contribution in [0.15, 0.2) is 66.7 Å². The SMILES string of the molecule is O=C(CCN(Cc1cccc2ccccc12)C1CC1)Nc1ccccc1Cl. The molecule has 3 aromatic carbocycles. The molecule has 0 atom stereocenters. The molecule has 3 aromatic rings. The van der Waals surface area contributed by atoms with Gasteiger partial charge < -0.3 is 5.32 Å². The lowest BCUT2D eigenvalue weighted by molar-refractivity contribution is -0.116. The third kappa shape index (κ3) is 4.49. The minimum absolute atomic E-state index is 0.00618. The molecular formula is C23H23ClN2O. The number of fused-ring (bicyclic) bond motifs is 1. The summed E-state index contributed by atoms with van der Waals surface area (Å²) >= 11 is 6.13. The maximum absolute atomic E-state index is 12.4. The minimum Gasteiger partial charge on any atom is -0.325 e. The molecule has 4 heteroatoms. The predicted molar refractivity (Wildman–Crippen MR) is 112 cm³/mol. The Kier molecular flexibility index (Phi) is 5.42. The van der Waals surface area contributed by atoms with Crippen LogP contribution in [0, 0.1) is 0 Å². The first-order chi connectivity index (χ1) is 13.2. The molecule has 3 nitrogen and oxygen atoms in total. The summed E-state index contributed by atoms with van der Waals surface area (Å²) in [4.78, 5) is 14.8. The van der Waals surface area contributed by atoms with E-state index in [1.807, 2.05) is 18.2 Å². The van der Waals surface area contributed by atoms with Gasteiger partial charge >= 0.3 is 0 Å². The Morgan fingerprint density at radius 2 is 1.74 bits per heavy atom. The van der Waals surface area contributed by atoms with E-state index in [-0.39, 0.29) is 5.91 Å². The predicted octanol–water partition coefficient (Wildman–Crippen LogP) is 5.49. The van der Waals surface area contributed by atoms with Crippen molar-refractivity contribution >= 4 is 34.0 Å². The highest BCUT2D eigenvalue weighted by Crippen LogP contribution is 2.30. The zero-order valence-electron chi connectivity index (χ0n) is 15.2. The highest BCUT2D eigenvalue weighted by molar-refractivity contribution is 6.33. The summed E-state index contributed by atoms with van der Waals surface area (Å²) in [6.07, 6.45) is 2.90. The number of para-hydroxylation sites is 1. The second-order valence-electron chi connectivity index (χ2n) is 7.12. The number of hydrogen-bond acceptors (Lipinski definition) is 2. The van der Waals surface area contributed by atoms with Gasteiger partial charge in [0.2, 0.25) is 5.91 Å². The van der Waals surface area contributed by atoms with Gasteiger partial charge in [-0.15, -0.1) is 0 Å². The number of hydrogen-bond donors (Lipinski definition) is 1. The highest BCUT2D eigenvalue weighted by atomic mass is 35.5. The van der Waals surface area contributed by atoms with Crippen LogP contribution in [0.2, 0.25) is 5.02 Å². The van der Waals surface area contributed by atoms with Gasteiger partial charge in [0.15, 0.2) is 0 Å². The number of nitrogens with one attached hydrogen (secondary N) is 1. The topological polar surface area (TPSA) is 32.3 Å². The van der Waals surface area contributed by atoms with Crippen molar-refractivity contribution in [3.05, 3.63) is 77.3 Å². The largest absolute Gasteiger partial charge is 0.325 e. The average molecular weight is 379 g/mol. The van der Waals surface area contributed by atoms with Crippen molar-refractivity contribution in [3.8, 4) is 0 Å². The van der Waals surface area contributed by atoms with E-state index < -0.39 is 0 Å². The van der Waals surface area contributed by atoms with E-state index in [1.54, 1.807) is 6.07 Å². The van der Waals surface area contributed by atoms with Crippen molar-refractivity contribution < 1.29 is 4.79 Å². The molecule has 1 aliphatic rings. The molecule has 0 unspecified atom stereocenters. The second kappa shape index (κ2) is 8.12. The van der Waals surface area contributed by atoms with Crippen molar-refractivity contribution in [2.45, 2.75) is 31.8 Å². The lowest BCUT2D eigenvalue weighted by Gasteiger charge is -2.22. The van der Waals surface area contributed by atoms with Crippen LogP contribution in [0.4, 0.5) is 5.69 Å². The van der Waals surface area contributed by atoms with Gasteiger partial charge in [-0.3, -0.25) is 9.69 Å². The van der Waals surface area contributed by atoms with E-state index in [0.29, 0.717) is 23.2 Å². The molecule has 0 heterocycles. The normalized spacial score (nSPS) is 13.9. The Balaban J connectivity index is 1.41. The molecule has 1 amide bonds. The third-order valence-electron chi connectivity index (χ3n) is 5.09. The number of amides is 1. The first kappa shape index (κ1) is 18.0. The molecule has 138 valence electrons. The van der Waals surface area contributed by atoms with Gasteiger partial charge in [0.05, 0.1) is 10.7 Å². The van der Waals surface area contributed by atoms with Crippen molar-refractivity contribution in [3.63, 3.8) is 0 Å². The van der Waals surface area contributed by atoms with Crippen LogP contribution >= 0.6 is 11.6 Å². The Bertz CT molecular complexity index is 947. The maximum Gasteiger partial charge on any atom is 0.225 e. The molecule has 1 N–H and O–H groups in total. The lowest BCUT2D eigenvalue weighted by atomic mass is 10.0. The zero-order valence-corrected chi connectivity index (χ0v) is 16.0. The fraction of sp³-hybridized carbons (Fsp3) is 0.261. The van der Waals surface area contributed by atoms with Gasteiger partial charge in [-0.25, -0.2) is 0 Å². The standard InChI is InChI=1S/C23H23ClN2O/c24-21-10-3-4-11-22(21)25-23(27)14-15-26(19-12-13-19)16-18-8-5-7-17-6-1-2-9-20(17)18/h1-11,19H,12-16H2,(H,25,27). The average Bonchev–Trinajstić information content (AvgIpc) is 3.52. The first-order valence-electron chi connectivity index (χ1n) is 9.46. The van der Waals surface area contributed by atoms with Gasteiger partial charge in [0.1, 0.15) is 0 Å². The van der Waals surface area contributed by atoms with Crippen molar-refractivity contribution in [2.24, 2.45) is 0 Å². The summed E-state index contributed by atoms with van der Waals surface area (Å²) in [6, 6.07) is 22.9. The monoisotopic (exact) mass is 378 g/mol. The van der Waals surface area contributed by atoms with Crippen LogP contribution in [-0.2, 0) is 11.3 Å². The minimum atomic E-state index is 0.00618. The molecule has 0 spiro atoms. The van der Waals surface area contributed by atoms with E-state index in [9.17, 15) is 4.79 Å². The smallest absolute Gasteiger partial charge is 0.225 e. The molecule has 0 aliphatic heterocycles. The van der Waals surface area contributed by atoms with Crippen LogP contribution in [0.1, 0.15) is 24.8 Å². The fourth-order valence-corrected chi connectivity index (χ4v) is 3.68. The molecule has 0 saturated heterocycles. The number of carbonyl (C=O) groups excluding carboxylic acids is 1. The molecule has 1 saturated carbocycles. The number of anilines is 1. The van der Waals surface area contributed by atoms with Crippen LogP contribution in [0.3, 0.4) is 0 Å². The van der Waals surface area contributed by atoms with Crippen molar-refractivity contribution in [1.29, 1.82) is 0 Å². The number of halogens is 1. The van der Waals surface area contributed by atoms with Gasteiger partial charge in [-0.2, -0.15) is 0 Å². The quantitative estimate of drug-likeness (QED) is 0.589. The van der Waals surface area contributed by atoms with E-state index >= 15 is 0 Å². The van der Waals surface area contributed by atoms with E-state index in [0.717, 1.165) is 13.1 Å². The van der Waals surface area contributed by atoms with Crippen molar-refractivity contribution in [2.75, 3.05) is 11.9 Å². The summed E-state index contributed by atoms with van der Waals surface area (Å²) in [5, 5.41) is 6.05. The Morgan fingerprint density at radius 3 is 2.56 bits per heavy atom. The van der Waals surface area contributed by atoms with Crippen LogP contribution in [0.5, 0.6) is 0 Å². The zero-order chi connectivity index (χ0) is 18.6. The highest BCUT2D eigenvalue weighted by Gasteiger charge is 2.29. The molecule has 0 radical (unpaired) electrons. The number of rotatable bonds is 7. The van der Waals surface area contributed by atoms with E-state index in [4.69, 9.17) is 11.6 Å². The molecule has 1 fully saturated rings. The molecule has 1 aliphatic carbocycles. The Hall–Kier alpha value is -2.36. The summed E-state index contributed by atoms with van der Waals surface area (Å²) < 4.78 is 0. The van der Waals surface area contributed by atoms with Crippen LogP contribution in [0.25, 0.3) is 10.8 Å². The summed E-state index contributed by atoms with van der Waals surface area (Å²) in [5.41, 5.74) is 2.00. The molecule has 27 heavy (non-hydrogen) atoms. The molecule has 4 rings (SSSR count). The van der Waals surface area contributed by atoms with Gasteiger partial charge in [0, 0.05) is 25.6 Å². The second-order valence-corrected chi connectivity index (χ2v) is 7.53.